The number of H-pyrrole nitrogens is 1. The van der Waals surface area contributed by atoms with Gasteiger partial charge in [0.15, 0.2) is 0 Å². The van der Waals surface area contributed by atoms with Gasteiger partial charge in [0.2, 0.25) is 11.1 Å². The fourth-order valence-corrected chi connectivity index (χ4v) is 4.76. The highest BCUT2D eigenvalue weighted by Gasteiger charge is 2.23. The Morgan fingerprint density at radius 2 is 2.21 bits per heavy atom. The average molecular weight is 361 g/mol. The van der Waals surface area contributed by atoms with Crippen molar-refractivity contribution in [3.8, 4) is 6.07 Å². The number of thiophene rings is 1. The first kappa shape index (κ1) is 17.0. The Kier molecular flexibility index (Phi) is 5.21. The standard InChI is InChI=1S/C16H19N5OS2/c1-9(23-16-18-10(2)20-21-16)14(22)19-15-12(8-17)11-6-4-3-5-7-13(11)24-15/h9H,3-7H2,1-2H3,(H,19,22)(H,18,20,21). The van der Waals surface area contributed by atoms with Crippen molar-refractivity contribution in [2.24, 2.45) is 0 Å². The van der Waals surface area contributed by atoms with Crippen molar-refractivity contribution in [1.29, 1.82) is 5.26 Å². The van der Waals surface area contributed by atoms with Crippen LogP contribution in [0.4, 0.5) is 5.00 Å². The van der Waals surface area contributed by atoms with Crippen LogP contribution in [0.15, 0.2) is 5.16 Å². The number of nitrogens with one attached hydrogen (secondary N) is 2. The van der Waals surface area contributed by atoms with Gasteiger partial charge in [-0.3, -0.25) is 9.89 Å². The number of hydrogen-bond acceptors (Lipinski definition) is 6. The second kappa shape index (κ2) is 7.36. The van der Waals surface area contributed by atoms with Crippen molar-refractivity contribution in [3.05, 3.63) is 21.8 Å². The Morgan fingerprint density at radius 1 is 1.42 bits per heavy atom. The number of anilines is 1. The van der Waals surface area contributed by atoms with E-state index in [1.165, 1.54) is 23.1 Å². The third kappa shape index (κ3) is 3.62. The van der Waals surface area contributed by atoms with Crippen LogP contribution in [0.3, 0.4) is 0 Å². The predicted octanol–water partition coefficient (Wildman–Crippen LogP) is 3.43. The minimum Gasteiger partial charge on any atom is -0.316 e. The molecule has 0 bridgehead atoms. The molecule has 0 radical (unpaired) electrons. The zero-order valence-corrected chi connectivity index (χ0v) is 15.3. The van der Waals surface area contributed by atoms with Crippen molar-refractivity contribution in [1.82, 2.24) is 15.2 Å². The third-order valence-corrected chi connectivity index (χ3v) is 6.17. The molecule has 6 nitrogen and oxygen atoms in total. The molecule has 126 valence electrons. The minimum absolute atomic E-state index is 0.129. The van der Waals surface area contributed by atoms with Crippen molar-refractivity contribution in [2.75, 3.05) is 5.32 Å². The lowest BCUT2D eigenvalue weighted by molar-refractivity contribution is -0.115. The van der Waals surface area contributed by atoms with Crippen LogP contribution in [0.2, 0.25) is 0 Å². The van der Waals surface area contributed by atoms with Crippen LogP contribution in [-0.2, 0) is 17.6 Å². The molecule has 1 atom stereocenters. The van der Waals surface area contributed by atoms with Gasteiger partial charge in [-0.2, -0.15) is 5.26 Å². The normalized spacial score (nSPS) is 15.2. The van der Waals surface area contributed by atoms with Gasteiger partial charge < -0.3 is 5.32 Å². The molecule has 24 heavy (non-hydrogen) atoms. The highest BCUT2D eigenvalue weighted by atomic mass is 32.2. The Balaban J connectivity index is 1.73. The summed E-state index contributed by atoms with van der Waals surface area (Å²) in [6, 6.07) is 2.29. The zero-order valence-electron chi connectivity index (χ0n) is 13.7. The Labute approximate surface area is 149 Å². The summed E-state index contributed by atoms with van der Waals surface area (Å²) in [7, 11) is 0. The number of thioether (sulfide) groups is 1. The Bertz CT molecular complexity index is 789. The van der Waals surface area contributed by atoms with Crippen molar-refractivity contribution >= 4 is 34.0 Å². The number of carbonyl (C=O) groups excluding carboxylic acids is 1. The van der Waals surface area contributed by atoms with Crippen molar-refractivity contribution in [3.63, 3.8) is 0 Å². The molecule has 0 aromatic carbocycles. The number of nitriles is 1. The van der Waals surface area contributed by atoms with E-state index in [1.807, 2.05) is 13.8 Å². The molecule has 0 spiro atoms. The van der Waals surface area contributed by atoms with Gasteiger partial charge in [0.1, 0.15) is 16.9 Å². The monoisotopic (exact) mass is 361 g/mol. The maximum Gasteiger partial charge on any atom is 0.238 e. The topological polar surface area (TPSA) is 94.5 Å². The zero-order chi connectivity index (χ0) is 17.1. The summed E-state index contributed by atoms with van der Waals surface area (Å²) >= 11 is 2.85. The van der Waals surface area contributed by atoms with Crippen LogP contribution in [0.25, 0.3) is 0 Å². The molecule has 1 aliphatic rings. The second-order valence-electron chi connectivity index (χ2n) is 5.83. The van der Waals surface area contributed by atoms with E-state index >= 15 is 0 Å². The third-order valence-electron chi connectivity index (χ3n) is 4.00. The van der Waals surface area contributed by atoms with Crippen LogP contribution >= 0.6 is 23.1 Å². The van der Waals surface area contributed by atoms with E-state index in [0.29, 0.717) is 15.7 Å². The van der Waals surface area contributed by atoms with Gasteiger partial charge in [-0.1, -0.05) is 18.2 Å². The molecule has 1 amide bonds. The fraction of sp³-hybridized carbons (Fsp3) is 0.500. The lowest BCUT2D eigenvalue weighted by Gasteiger charge is -2.09. The molecule has 0 saturated carbocycles. The largest absolute Gasteiger partial charge is 0.316 e. The number of rotatable bonds is 4. The number of hydrogen-bond donors (Lipinski definition) is 2. The number of fused-ring (bicyclic) bond motifs is 1. The van der Waals surface area contributed by atoms with Crippen LogP contribution in [-0.4, -0.2) is 26.3 Å². The highest BCUT2D eigenvalue weighted by molar-refractivity contribution is 8.00. The van der Waals surface area contributed by atoms with E-state index in [1.54, 1.807) is 11.3 Å². The molecule has 0 aliphatic heterocycles. The number of carbonyl (C=O) groups is 1. The smallest absolute Gasteiger partial charge is 0.238 e. The van der Waals surface area contributed by atoms with Crippen LogP contribution in [0.5, 0.6) is 0 Å². The average Bonchev–Trinajstić information content (AvgIpc) is 3.02. The van der Waals surface area contributed by atoms with Crippen LogP contribution in [0.1, 0.15) is 48.0 Å². The molecule has 2 aromatic rings. The summed E-state index contributed by atoms with van der Waals surface area (Å²) in [5.41, 5.74) is 1.79. The number of aryl methyl sites for hydroxylation is 2. The second-order valence-corrected chi connectivity index (χ2v) is 8.25. The van der Waals surface area contributed by atoms with Crippen LogP contribution in [0, 0.1) is 18.3 Å². The summed E-state index contributed by atoms with van der Waals surface area (Å²) in [4.78, 5) is 17.9. The van der Waals surface area contributed by atoms with E-state index in [0.717, 1.165) is 37.1 Å². The van der Waals surface area contributed by atoms with E-state index in [2.05, 4.69) is 26.6 Å². The lowest BCUT2D eigenvalue weighted by atomic mass is 10.1. The summed E-state index contributed by atoms with van der Waals surface area (Å²) in [6.07, 6.45) is 5.42. The molecule has 2 heterocycles. The van der Waals surface area contributed by atoms with Gasteiger partial charge in [-0.05, 0) is 45.1 Å². The van der Waals surface area contributed by atoms with Crippen LogP contribution < -0.4 is 5.32 Å². The Morgan fingerprint density at radius 3 is 2.92 bits per heavy atom. The molecule has 8 heteroatoms. The molecule has 1 aliphatic carbocycles. The van der Waals surface area contributed by atoms with Gasteiger partial charge in [0.25, 0.3) is 0 Å². The molecule has 2 aromatic heterocycles. The summed E-state index contributed by atoms with van der Waals surface area (Å²) in [5.74, 6) is 0.592. The van der Waals surface area contributed by atoms with E-state index < -0.39 is 0 Å². The molecule has 1 unspecified atom stereocenters. The van der Waals surface area contributed by atoms with Crippen molar-refractivity contribution in [2.45, 2.75) is 56.4 Å². The summed E-state index contributed by atoms with van der Waals surface area (Å²) in [6.45, 7) is 3.63. The highest BCUT2D eigenvalue weighted by Crippen LogP contribution is 2.37. The molecule has 3 rings (SSSR count). The first-order valence-electron chi connectivity index (χ1n) is 7.99. The first-order chi connectivity index (χ1) is 11.6. The minimum atomic E-state index is -0.339. The van der Waals surface area contributed by atoms with Gasteiger partial charge in [-0.25, -0.2) is 4.98 Å². The number of nitrogens with zero attached hydrogens (tertiary/aromatic N) is 3. The maximum absolute atomic E-state index is 12.5. The lowest BCUT2D eigenvalue weighted by Crippen LogP contribution is -2.22. The van der Waals surface area contributed by atoms with E-state index in [-0.39, 0.29) is 11.2 Å². The molecule has 0 saturated heterocycles. The number of amides is 1. The quantitative estimate of drug-likeness (QED) is 0.642. The van der Waals surface area contributed by atoms with Gasteiger partial charge in [-0.15, -0.1) is 16.4 Å². The SMILES string of the molecule is Cc1nc(SC(C)C(=O)Nc2sc3c(c2C#N)CCCCC3)n[nH]1. The van der Waals surface area contributed by atoms with Gasteiger partial charge in [0, 0.05) is 4.88 Å². The fourth-order valence-electron chi connectivity index (χ4n) is 2.75. The maximum atomic E-state index is 12.5. The first-order valence-corrected chi connectivity index (χ1v) is 9.69. The predicted molar refractivity (Wildman–Crippen MR) is 95.4 cm³/mol. The molecule has 0 fully saturated rings. The summed E-state index contributed by atoms with van der Waals surface area (Å²) < 4.78 is 0. The Hall–Kier alpha value is -1.85. The van der Waals surface area contributed by atoms with Gasteiger partial charge in [0.05, 0.1) is 10.8 Å². The summed E-state index contributed by atoms with van der Waals surface area (Å²) in [5, 5.41) is 20.2. The molecule has 2 N–H and O–H groups in total. The number of aromatic nitrogens is 3. The molecular formula is C16H19N5OS2. The van der Waals surface area contributed by atoms with E-state index in [9.17, 15) is 10.1 Å². The number of aromatic amines is 1. The van der Waals surface area contributed by atoms with E-state index in [4.69, 9.17) is 0 Å². The van der Waals surface area contributed by atoms with Crippen molar-refractivity contribution < 1.29 is 4.79 Å². The molecular weight excluding hydrogens is 342 g/mol. The van der Waals surface area contributed by atoms with Gasteiger partial charge >= 0.3 is 0 Å².